The van der Waals surface area contributed by atoms with Crippen LogP contribution >= 0.6 is 11.6 Å². The smallest absolute Gasteiger partial charge is 0.338 e. The van der Waals surface area contributed by atoms with Gasteiger partial charge in [0.1, 0.15) is 0 Å². The van der Waals surface area contributed by atoms with Crippen LogP contribution < -0.4 is 10.6 Å². The van der Waals surface area contributed by atoms with Gasteiger partial charge in [0.05, 0.1) is 10.6 Å². The third-order valence-electron chi connectivity index (χ3n) is 2.94. The van der Waals surface area contributed by atoms with Gasteiger partial charge in [0, 0.05) is 31.2 Å². The molecule has 23 heavy (non-hydrogen) atoms. The number of alkyl halides is 3. The Hall–Kier alpha value is -2.22. The fourth-order valence-corrected chi connectivity index (χ4v) is 2.10. The molecule has 2 amide bonds. The summed E-state index contributed by atoms with van der Waals surface area (Å²) < 4.78 is 39.9. The molecule has 0 saturated heterocycles. The van der Waals surface area contributed by atoms with Crippen LogP contribution in [0.4, 0.5) is 23.7 Å². The summed E-state index contributed by atoms with van der Waals surface area (Å²) in [6.07, 6.45) is -0.482. The molecule has 0 aliphatic rings. The molecule has 0 aliphatic carbocycles. The summed E-state index contributed by atoms with van der Waals surface area (Å²) in [6.45, 7) is 0.998. The highest BCUT2D eigenvalue weighted by molar-refractivity contribution is 6.31. The maximum atomic E-state index is 12.7. The Kier molecular flexibility index (Phi) is 5.49. The van der Waals surface area contributed by atoms with Crippen LogP contribution in [0.1, 0.15) is 12.0 Å². The zero-order chi connectivity index (χ0) is 16.9. The van der Waals surface area contributed by atoms with Crippen LogP contribution in [0.5, 0.6) is 0 Å². The van der Waals surface area contributed by atoms with Gasteiger partial charge in [0.15, 0.2) is 0 Å². The minimum atomic E-state index is -4.57. The quantitative estimate of drug-likeness (QED) is 0.810. The Morgan fingerprint density at radius 2 is 2.13 bits per heavy atom. The van der Waals surface area contributed by atoms with E-state index in [0.717, 1.165) is 12.1 Å². The second kappa shape index (κ2) is 7.36. The largest absolute Gasteiger partial charge is 0.417 e. The van der Waals surface area contributed by atoms with E-state index >= 15 is 0 Å². The number of benzene rings is 1. The summed E-state index contributed by atoms with van der Waals surface area (Å²) in [5.74, 6) is 0. The Labute approximate surface area is 135 Å². The standard InChI is InChI=1S/C14H14ClF3N4O/c15-12-4-3-10(9-11(12)14(16,17)18)21-13(23)19-5-1-7-22-8-2-6-20-22/h2-4,6,8-9H,1,5,7H2,(H2,19,21,23). The highest BCUT2D eigenvalue weighted by Gasteiger charge is 2.33. The van der Waals surface area contributed by atoms with Crippen LogP contribution in [0.3, 0.4) is 0 Å². The van der Waals surface area contributed by atoms with Crippen LogP contribution in [0.15, 0.2) is 36.7 Å². The molecule has 124 valence electrons. The van der Waals surface area contributed by atoms with Crippen molar-refractivity contribution in [2.45, 2.75) is 19.1 Å². The third kappa shape index (κ3) is 5.17. The lowest BCUT2D eigenvalue weighted by molar-refractivity contribution is -0.137. The van der Waals surface area contributed by atoms with Crippen molar-refractivity contribution in [2.24, 2.45) is 0 Å². The number of hydrogen-bond donors (Lipinski definition) is 2. The summed E-state index contributed by atoms with van der Waals surface area (Å²) in [5.41, 5.74) is -0.970. The van der Waals surface area contributed by atoms with Crippen molar-refractivity contribution in [2.75, 3.05) is 11.9 Å². The highest BCUT2D eigenvalue weighted by atomic mass is 35.5. The van der Waals surface area contributed by atoms with Gasteiger partial charge >= 0.3 is 12.2 Å². The SMILES string of the molecule is O=C(NCCCn1cccn1)Nc1ccc(Cl)c(C(F)(F)F)c1. The van der Waals surface area contributed by atoms with Crippen molar-refractivity contribution < 1.29 is 18.0 Å². The van der Waals surface area contributed by atoms with Gasteiger partial charge in [0.25, 0.3) is 0 Å². The number of carbonyl (C=O) groups is 1. The molecule has 0 bridgehead atoms. The van der Waals surface area contributed by atoms with Gasteiger partial charge in [-0.25, -0.2) is 4.79 Å². The van der Waals surface area contributed by atoms with Gasteiger partial charge in [-0.3, -0.25) is 4.68 Å². The Morgan fingerprint density at radius 1 is 1.35 bits per heavy atom. The van der Waals surface area contributed by atoms with Crippen LogP contribution in [-0.4, -0.2) is 22.4 Å². The normalized spacial score (nSPS) is 11.3. The van der Waals surface area contributed by atoms with E-state index in [1.165, 1.54) is 6.07 Å². The summed E-state index contributed by atoms with van der Waals surface area (Å²) in [6, 6.07) is 4.41. The van der Waals surface area contributed by atoms with E-state index in [0.29, 0.717) is 19.5 Å². The fraction of sp³-hybridized carbons (Fsp3) is 0.286. The average Bonchev–Trinajstić information content (AvgIpc) is 2.98. The highest BCUT2D eigenvalue weighted by Crippen LogP contribution is 2.36. The lowest BCUT2D eigenvalue weighted by Crippen LogP contribution is -2.30. The molecule has 5 nitrogen and oxygen atoms in total. The monoisotopic (exact) mass is 346 g/mol. The minimum absolute atomic E-state index is 0.0197. The van der Waals surface area contributed by atoms with Crippen molar-refractivity contribution >= 4 is 23.3 Å². The number of amides is 2. The first-order valence-corrected chi connectivity index (χ1v) is 7.13. The third-order valence-corrected chi connectivity index (χ3v) is 3.27. The van der Waals surface area contributed by atoms with Gasteiger partial charge in [-0.1, -0.05) is 11.6 Å². The average molecular weight is 347 g/mol. The van der Waals surface area contributed by atoms with Gasteiger partial charge in [-0.15, -0.1) is 0 Å². The summed E-state index contributed by atoms with van der Waals surface area (Å²) in [7, 11) is 0. The number of aromatic nitrogens is 2. The zero-order valence-electron chi connectivity index (χ0n) is 11.9. The van der Waals surface area contributed by atoms with Crippen molar-refractivity contribution in [1.82, 2.24) is 15.1 Å². The Bertz CT molecular complexity index is 659. The van der Waals surface area contributed by atoms with E-state index in [9.17, 15) is 18.0 Å². The van der Waals surface area contributed by atoms with Crippen molar-refractivity contribution in [3.63, 3.8) is 0 Å². The predicted octanol–water partition coefficient (Wildman–Crippen LogP) is 3.77. The van der Waals surface area contributed by atoms with Crippen LogP contribution in [0.2, 0.25) is 5.02 Å². The second-order valence-electron chi connectivity index (χ2n) is 4.70. The van der Waals surface area contributed by atoms with Crippen molar-refractivity contribution in [3.05, 3.63) is 47.2 Å². The maximum Gasteiger partial charge on any atom is 0.417 e. The van der Waals surface area contributed by atoms with E-state index in [1.807, 2.05) is 0 Å². The zero-order valence-corrected chi connectivity index (χ0v) is 12.7. The fourth-order valence-electron chi connectivity index (χ4n) is 1.87. The topological polar surface area (TPSA) is 59.0 Å². The van der Waals surface area contributed by atoms with E-state index in [-0.39, 0.29) is 5.69 Å². The van der Waals surface area contributed by atoms with E-state index in [1.54, 1.807) is 23.1 Å². The number of hydrogen-bond acceptors (Lipinski definition) is 2. The molecule has 0 fully saturated rings. The molecule has 0 atom stereocenters. The molecule has 1 aromatic heterocycles. The minimum Gasteiger partial charge on any atom is -0.338 e. The molecule has 1 aromatic carbocycles. The molecular formula is C14H14ClF3N4O. The van der Waals surface area contributed by atoms with Gasteiger partial charge in [0.2, 0.25) is 0 Å². The molecule has 1 heterocycles. The number of nitrogens with one attached hydrogen (secondary N) is 2. The van der Waals surface area contributed by atoms with E-state index < -0.39 is 22.8 Å². The Morgan fingerprint density at radius 3 is 2.78 bits per heavy atom. The van der Waals surface area contributed by atoms with E-state index in [2.05, 4.69) is 15.7 Å². The molecule has 0 spiro atoms. The van der Waals surface area contributed by atoms with Gasteiger partial charge in [-0.05, 0) is 30.7 Å². The first kappa shape index (κ1) is 17.1. The number of nitrogens with zero attached hydrogens (tertiary/aromatic N) is 2. The number of carbonyl (C=O) groups excluding carboxylic acids is 1. The number of rotatable bonds is 5. The van der Waals surface area contributed by atoms with Crippen molar-refractivity contribution in [1.29, 1.82) is 0 Å². The molecule has 0 aliphatic heterocycles. The second-order valence-corrected chi connectivity index (χ2v) is 5.10. The predicted molar refractivity (Wildman–Crippen MR) is 80.3 cm³/mol. The number of urea groups is 1. The van der Waals surface area contributed by atoms with Crippen LogP contribution in [0.25, 0.3) is 0 Å². The molecule has 0 radical (unpaired) electrons. The van der Waals surface area contributed by atoms with Crippen LogP contribution in [0, 0.1) is 0 Å². The molecule has 2 N–H and O–H groups in total. The van der Waals surface area contributed by atoms with Crippen molar-refractivity contribution in [3.8, 4) is 0 Å². The van der Waals surface area contributed by atoms with Gasteiger partial charge < -0.3 is 10.6 Å². The first-order valence-electron chi connectivity index (χ1n) is 6.75. The molecule has 0 unspecified atom stereocenters. The maximum absolute atomic E-state index is 12.7. The molecule has 9 heteroatoms. The summed E-state index contributed by atoms with van der Waals surface area (Å²) >= 11 is 5.51. The summed E-state index contributed by atoms with van der Waals surface area (Å²) in [4.78, 5) is 11.7. The van der Waals surface area contributed by atoms with Crippen LogP contribution in [-0.2, 0) is 12.7 Å². The summed E-state index contributed by atoms with van der Waals surface area (Å²) in [5, 5.41) is 8.50. The molecule has 2 aromatic rings. The van der Waals surface area contributed by atoms with Gasteiger partial charge in [-0.2, -0.15) is 18.3 Å². The first-order chi connectivity index (χ1) is 10.9. The Balaban J connectivity index is 1.83. The lowest BCUT2D eigenvalue weighted by atomic mass is 10.2. The molecule has 2 rings (SSSR count). The van der Waals surface area contributed by atoms with E-state index in [4.69, 9.17) is 11.6 Å². The molecular weight excluding hydrogens is 333 g/mol. The number of aryl methyl sites for hydroxylation is 1. The number of anilines is 1. The number of halogens is 4. The lowest BCUT2D eigenvalue weighted by Gasteiger charge is -2.12. The molecule has 0 saturated carbocycles.